The monoisotopic (exact) mass is 228 g/mol. The van der Waals surface area contributed by atoms with E-state index in [1.165, 1.54) is 43.7 Å². The van der Waals surface area contributed by atoms with Gasteiger partial charge in [0.1, 0.15) is 0 Å². The molecule has 1 aliphatic heterocycles. The maximum absolute atomic E-state index is 3.60. The summed E-state index contributed by atoms with van der Waals surface area (Å²) in [5.74, 6) is 2.71. The van der Waals surface area contributed by atoms with E-state index in [1.54, 1.807) is 0 Å². The van der Waals surface area contributed by atoms with Crippen LogP contribution in [0.15, 0.2) is 0 Å². The molecule has 0 aromatic rings. The van der Waals surface area contributed by atoms with E-state index in [0.29, 0.717) is 0 Å². The Balaban J connectivity index is 1.61. The summed E-state index contributed by atoms with van der Waals surface area (Å²) >= 11 is 2.11. The van der Waals surface area contributed by atoms with Crippen LogP contribution in [0.3, 0.4) is 0 Å². The van der Waals surface area contributed by atoms with E-state index in [0.717, 1.165) is 18.1 Å². The molecule has 0 radical (unpaired) electrons. The van der Waals surface area contributed by atoms with Gasteiger partial charge in [-0.25, -0.2) is 0 Å². The van der Waals surface area contributed by atoms with Crippen LogP contribution in [0.4, 0.5) is 0 Å². The standard InChI is InChI=1S/C12H24N2S/c1-10(5-7-13-11-3-4-11)14(2)12-6-8-15-9-12/h10-13H,3-9H2,1-2H3. The summed E-state index contributed by atoms with van der Waals surface area (Å²) in [6.07, 6.45) is 5.50. The number of nitrogens with one attached hydrogen (secondary N) is 1. The molecule has 0 aromatic carbocycles. The van der Waals surface area contributed by atoms with Gasteiger partial charge in [-0.15, -0.1) is 0 Å². The summed E-state index contributed by atoms with van der Waals surface area (Å²) in [4.78, 5) is 2.59. The predicted molar refractivity (Wildman–Crippen MR) is 68.6 cm³/mol. The Morgan fingerprint density at radius 3 is 2.80 bits per heavy atom. The molecule has 0 aromatic heterocycles. The molecule has 88 valence electrons. The van der Waals surface area contributed by atoms with Gasteiger partial charge in [-0.2, -0.15) is 11.8 Å². The van der Waals surface area contributed by atoms with Crippen molar-refractivity contribution in [2.75, 3.05) is 25.1 Å². The minimum Gasteiger partial charge on any atom is -0.314 e. The third-order valence-electron chi connectivity index (χ3n) is 3.75. The van der Waals surface area contributed by atoms with Crippen LogP contribution in [-0.2, 0) is 0 Å². The Bertz CT molecular complexity index is 188. The lowest BCUT2D eigenvalue weighted by molar-refractivity contribution is 0.190. The predicted octanol–water partition coefficient (Wildman–Crippen LogP) is 1.95. The van der Waals surface area contributed by atoms with E-state index >= 15 is 0 Å². The summed E-state index contributed by atoms with van der Waals surface area (Å²) in [6, 6.07) is 2.44. The van der Waals surface area contributed by atoms with Crippen LogP contribution in [-0.4, -0.2) is 48.1 Å². The molecule has 1 aliphatic carbocycles. The van der Waals surface area contributed by atoms with Gasteiger partial charge < -0.3 is 5.32 Å². The average Bonchev–Trinajstić information content (AvgIpc) is 2.90. The van der Waals surface area contributed by atoms with Crippen LogP contribution in [0.25, 0.3) is 0 Å². The topological polar surface area (TPSA) is 15.3 Å². The molecule has 2 fully saturated rings. The molecular weight excluding hydrogens is 204 g/mol. The van der Waals surface area contributed by atoms with Crippen LogP contribution in [0, 0.1) is 0 Å². The quantitative estimate of drug-likeness (QED) is 0.748. The average molecular weight is 228 g/mol. The molecule has 2 atom stereocenters. The molecule has 1 heterocycles. The second-order valence-corrected chi connectivity index (χ2v) is 6.20. The maximum Gasteiger partial charge on any atom is 0.0194 e. The Morgan fingerprint density at radius 2 is 2.20 bits per heavy atom. The van der Waals surface area contributed by atoms with Gasteiger partial charge in [-0.1, -0.05) is 0 Å². The van der Waals surface area contributed by atoms with Crippen molar-refractivity contribution in [3.63, 3.8) is 0 Å². The number of thioether (sulfide) groups is 1. The lowest BCUT2D eigenvalue weighted by Gasteiger charge is -2.30. The van der Waals surface area contributed by atoms with Gasteiger partial charge in [-0.3, -0.25) is 4.90 Å². The van der Waals surface area contributed by atoms with Crippen LogP contribution in [0.1, 0.15) is 32.6 Å². The van der Waals surface area contributed by atoms with Gasteiger partial charge in [0, 0.05) is 23.9 Å². The van der Waals surface area contributed by atoms with Crippen molar-refractivity contribution < 1.29 is 0 Å². The first-order valence-electron chi connectivity index (χ1n) is 6.30. The number of rotatable bonds is 6. The van der Waals surface area contributed by atoms with Crippen LogP contribution in [0.2, 0.25) is 0 Å². The highest BCUT2D eigenvalue weighted by atomic mass is 32.2. The first-order chi connectivity index (χ1) is 7.27. The zero-order valence-corrected chi connectivity index (χ0v) is 10.9. The van der Waals surface area contributed by atoms with Crippen LogP contribution >= 0.6 is 11.8 Å². The summed E-state index contributed by atoms with van der Waals surface area (Å²) in [7, 11) is 2.30. The zero-order chi connectivity index (χ0) is 10.7. The van der Waals surface area contributed by atoms with E-state index in [9.17, 15) is 0 Å². The van der Waals surface area contributed by atoms with Crippen molar-refractivity contribution in [3.05, 3.63) is 0 Å². The Kier molecular flexibility index (Phi) is 4.35. The molecule has 1 saturated carbocycles. The number of hydrogen-bond donors (Lipinski definition) is 1. The van der Waals surface area contributed by atoms with E-state index in [2.05, 4.69) is 35.9 Å². The normalized spacial score (nSPS) is 28.6. The van der Waals surface area contributed by atoms with Gasteiger partial charge >= 0.3 is 0 Å². The van der Waals surface area contributed by atoms with Crippen molar-refractivity contribution in [2.24, 2.45) is 0 Å². The van der Waals surface area contributed by atoms with Gasteiger partial charge in [0.25, 0.3) is 0 Å². The fourth-order valence-corrected chi connectivity index (χ4v) is 3.47. The number of hydrogen-bond acceptors (Lipinski definition) is 3. The summed E-state index contributed by atoms with van der Waals surface area (Å²) in [5, 5.41) is 3.60. The van der Waals surface area contributed by atoms with Gasteiger partial charge in [0.2, 0.25) is 0 Å². The van der Waals surface area contributed by atoms with Crippen molar-refractivity contribution in [1.29, 1.82) is 0 Å². The third kappa shape index (κ3) is 3.65. The first-order valence-corrected chi connectivity index (χ1v) is 7.46. The lowest BCUT2D eigenvalue weighted by Crippen LogP contribution is -2.40. The fourth-order valence-electron chi connectivity index (χ4n) is 2.19. The first kappa shape index (κ1) is 11.7. The SMILES string of the molecule is CC(CCNC1CC1)N(C)C1CCSC1. The highest BCUT2D eigenvalue weighted by Crippen LogP contribution is 2.23. The lowest BCUT2D eigenvalue weighted by atomic mass is 10.1. The van der Waals surface area contributed by atoms with E-state index < -0.39 is 0 Å². The Labute approximate surface area is 98.2 Å². The second-order valence-electron chi connectivity index (χ2n) is 5.05. The molecule has 3 heteroatoms. The molecular formula is C12H24N2S. The third-order valence-corrected chi connectivity index (χ3v) is 4.89. The van der Waals surface area contributed by atoms with E-state index in [4.69, 9.17) is 0 Å². The minimum absolute atomic E-state index is 0.736. The molecule has 0 bridgehead atoms. The van der Waals surface area contributed by atoms with Crippen molar-refractivity contribution in [2.45, 2.75) is 50.7 Å². The van der Waals surface area contributed by atoms with Crippen molar-refractivity contribution >= 4 is 11.8 Å². The largest absolute Gasteiger partial charge is 0.314 e. The van der Waals surface area contributed by atoms with Crippen molar-refractivity contribution in [3.8, 4) is 0 Å². The highest BCUT2D eigenvalue weighted by Gasteiger charge is 2.24. The molecule has 2 aliphatic rings. The molecule has 15 heavy (non-hydrogen) atoms. The van der Waals surface area contributed by atoms with E-state index in [-0.39, 0.29) is 0 Å². The summed E-state index contributed by atoms with van der Waals surface area (Å²) in [6.45, 7) is 3.58. The summed E-state index contributed by atoms with van der Waals surface area (Å²) < 4.78 is 0. The Hall–Kier alpha value is 0.270. The second kappa shape index (κ2) is 5.55. The molecule has 2 rings (SSSR count). The van der Waals surface area contributed by atoms with E-state index in [1.807, 2.05) is 0 Å². The molecule has 1 saturated heterocycles. The van der Waals surface area contributed by atoms with Gasteiger partial charge in [0.05, 0.1) is 0 Å². The molecule has 2 unspecified atom stereocenters. The van der Waals surface area contributed by atoms with Crippen LogP contribution < -0.4 is 5.32 Å². The maximum atomic E-state index is 3.60. The number of nitrogens with zero attached hydrogens (tertiary/aromatic N) is 1. The molecule has 0 amide bonds. The van der Waals surface area contributed by atoms with Gasteiger partial charge in [-0.05, 0) is 52.0 Å². The highest BCUT2D eigenvalue weighted by molar-refractivity contribution is 7.99. The fraction of sp³-hybridized carbons (Fsp3) is 1.00. The zero-order valence-electron chi connectivity index (χ0n) is 10.0. The smallest absolute Gasteiger partial charge is 0.0194 e. The van der Waals surface area contributed by atoms with Gasteiger partial charge in [0.15, 0.2) is 0 Å². The summed E-state index contributed by atoms with van der Waals surface area (Å²) in [5.41, 5.74) is 0. The van der Waals surface area contributed by atoms with Crippen molar-refractivity contribution in [1.82, 2.24) is 10.2 Å². The molecule has 0 spiro atoms. The molecule has 2 nitrogen and oxygen atoms in total. The van der Waals surface area contributed by atoms with Crippen LogP contribution in [0.5, 0.6) is 0 Å². The minimum atomic E-state index is 0.736. The Morgan fingerprint density at radius 1 is 1.40 bits per heavy atom. The molecule has 1 N–H and O–H groups in total.